The van der Waals surface area contributed by atoms with Gasteiger partial charge in [-0.3, -0.25) is 0 Å². The number of halogens is 1. The molecule has 2 N–H and O–H groups in total. The molecule has 0 aliphatic carbocycles. The Morgan fingerprint density at radius 3 is 2.82 bits per heavy atom. The normalized spacial score (nSPS) is 23.4. The Morgan fingerprint density at radius 2 is 2.29 bits per heavy atom. The van der Waals surface area contributed by atoms with Gasteiger partial charge in [-0.15, -0.1) is 0 Å². The maximum absolute atomic E-state index is 13.4. The molecule has 0 aromatic rings. The Hall–Kier alpha value is -0.880. The molecule has 17 heavy (non-hydrogen) atoms. The van der Waals surface area contributed by atoms with E-state index in [0.29, 0.717) is 13.2 Å². The van der Waals surface area contributed by atoms with E-state index in [2.05, 4.69) is 0 Å². The van der Waals surface area contributed by atoms with Crippen molar-refractivity contribution in [2.45, 2.75) is 38.6 Å². The molecule has 6 heteroatoms. The topological polar surface area (TPSA) is 64.8 Å². The third-order valence-corrected chi connectivity index (χ3v) is 2.37. The zero-order chi connectivity index (χ0) is 13.1. The van der Waals surface area contributed by atoms with Crippen LogP contribution in [-0.4, -0.2) is 55.1 Å². The summed E-state index contributed by atoms with van der Waals surface area (Å²) in [6.45, 7) is 6.19. The summed E-state index contributed by atoms with van der Waals surface area (Å²) >= 11 is 0. The Balaban J connectivity index is 2.52. The van der Waals surface area contributed by atoms with Gasteiger partial charge in [0.1, 0.15) is 17.9 Å². The highest BCUT2D eigenvalue weighted by atomic mass is 19.1. The number of hydrogen-bond acceptors (Lipinski definition) is 4. The van der Waals surface area contributed by atoms with E-state index in [1.165, 1.54) is 4.90 Å². The van der Waals surface area contributed by atoms with Crippen LogP contribution in [0.4, 0.5) is 9.18 Å². The van der Waals surface area contributed by atoms with Crippen LogP contribution in [0.3, 0.4) is 0 Å². The highest BCUT2D eigenvalue weighted by Crippen LogP contribution is 2.15. The quantitative estimate of drug-likeness (QED) is 0.789. The molecule has 2 unspecified atom stereocenters. The predicted octanol–water partition coefficient (Wildman–Crippen LogP) is 0.919. The number of carbonyl (C=O) groups excluding carboxylic acids is 1. The summed E-state index contributed by atoms with van der Waals surface area (Å²) in [5, 5.41) is 0. The molecular formula is C11H21FN2O3. The molecule has 1 saturated heterocycles. The number of ether oxygens (including phenoxy) is 2. The number of alkyl halides is 1. The number of morpholine rings is 1. The molecule has 1 aliphatic heterocycles. The van der Waals surface area contributed by atoms with Crippen molar-refractivity contribution in [1.82, 2.24) is 4.90 Å². The Bertz CT molecular complexity index is 268. The monoisotopic (exact) mass is 248 g/mol. The molecule has 0 spiro atoms. The Kier molecular flexibility index (Phi) is 4.70. The van der Waals surface area contributed by atoms with Gasteiger partial charge in [0.2, 0.25) is 0 Å². The highest BCUT2D eigenvalue weighted by Gasteiger charge is 2.31. The molecule has 0 bridgehead atoms. The van der Waals surface area contributed by atoms with E-state index < -0.39 is 24.0 Å². The zero-order valence-corrected chi connectivity index (χ0v) is 10.6. The van der Waals surface area contributed by atoms with Gasteiger partial charge in [0.25, 0.3) is 0 Å². The van der Waals surface area contributed by atoms with Gasteiger partial charge in [-0.25, -0.2) is 9.18 Å². The minimum atomic E-state index is -1.25. The smallest absolute Gasteiger partial charge is 0.410 e. The van der Waals surface area contributed by atoms with Crippen molar-refractivity contribution in [2.75, 3.05) is 26.2 Å². The summed E-state index contributed by atoms with van der Waals surface area (Å²) in [6.07, 6.45) is -2.34. The second-order valence-corrected chi connectivity index (χ2v) is 5.09. The summed E-state index contributed by atoms with van der Waals surface area (Å²) in [5.74, 6) is 0. The van der Waals surface area contributed by atoms with Crippen molar-refractivity contribution >= 4 is 6.09 Å². The van der Waals surface area contributed by atoms with E-state index in [9.17, 15) is 9.18 Å². The van der Waals surface area contributed by atoms with E-state index in [1.807, 2.05) is 0 Å². The van der Waals surface area contributed by atoms with Gasteiger partial charge in [-0.05, 0) is 20.8 Å². The summed E-state index contributed by atoms with van der Waals surface area (Å²) in [5.41, 5.74) is 4.69. The van der Waals surface area contributed by atoms with Gasteiger partial charge in [0.05, 0.1) is 13.2 Å². The van der Waals surface area contributed by atoms with Gasteiger partial charge in [-0.2, -0.15) is 0 Å². The van der Waals surface area contributed by atoms with E-state index in [0.717, 1.165) is 0 Å². The summed E-state index contributed by atoms with van der Waals surface area (Å²) in [7, 11) is 0. The van der Waals surface area contributed by atoms with Gasteiger partial charge in [-0.1, -0.05) is 0 Å². The van der Waals surface area contributed by atoms with Crippen LogP contribution in [0.25, 0.3) is 0 Å². The van der Waals surface area contributed by atoms with E-state index in [4.69, 9.17) is 15.2 Å². The van der Waals surface area contributed by atoms with Crippen molar-refractivity contribution in [1.29, 1.82) is 0 Å². The lowest BCUT2D eigenvalue weighted by molar-refractivity contribution is -0.0678. The molecule has 1 aliphatic rings. The fraction of sp³-hybridized carbons (Fsp3) is 0.909. The van der Waals surface area contributed by atoms with Crippen LogP contribution in [0.1, 0.15) is 20.8 Å². The number of amides is 1. The lowest BCUT2D eigenvalue weighted by Crippen LogP contribution is -2.51. The molecule has 0 aromatic heterocycles. The second-order valence-electron chi connectivity index (χ2n) is 5.09. The maximum atomic E-state index is 13.4. The highest BCUT2D eigenvalue weighted by molar-refractivity contribution is 5.68. The van der Waals surface area contributed by atoms with Crippen LogP contribution in [0.5, 0.6) is 0 Å². The minimum absolute atomic E-state index is 0.104. The Morgan fingerprint density at radius 1 is 1.65 bits per heavy atom. The van der Waals surface area contributed by atoms with Crippen LogP contribution < -0.4 is 5.73 Å². The lowest BCUT2D eigenvalue weighted by Gasteiger charge is -2.35. The number of hydrogen-bond donors (Lipinski definition) is 1. The molecule has 1 heterocycles. The van der Waals surface area contributed by atoms with Crippen LogP contribution in [-0.2, 0) is 9.47 Å². The number of carbonyl (C=O) groups is 1. The first-order chi connectivity index (χ1) is 7.83. The third-order valence-electron chi connectivity index (χ3n) is 2.37. The minimum Gasteiger partial charge on any atom is -0.444 e. The first-order valence-corrected chi connectivity index (χ1v) is 5.77. The van der Waals surface area contributed by atoms with Crippen LogP contribution in [0.2, 0.25) is 0 Å². The van der Waals surface area contributed by atoms with E-state index >= 15 is 0 Å². The van der Waals surface area contributed by atoms with Crippen molar-refractivity contribution < 1.29 is 18.7 Å². The number of nitrogens with zero attached hydrogens (tertiary/aromatic N) is 1. The molecule has 1 rings (SSSR count). The number of nitrogens with two attached hydrogens (primary N) is 1. The van der Waals surface area contributed by atoms with Crippen LogP contribution in [0.15, 0.2) is 0 Å². The molecular weight excluding hydrogens is 227 g/mol. The fourth-order valence-corrected chi connectivity index (χ4v) is 1.54. The summed E-state index contributed by atoms with van der Waals surface area (Å²) in [6, 6.07) is 0. The summed E-state index contributed by atoms with van der Waals surface area (Å²) < 4.78 is 23.8. The van der Waals surface area contributed by atoms with E-state index in [-0.39, 0.29) is 13.1 Å². The molecule has 0 saturated carbocycles. The average molecular weight is 248 g/mol. The largest absolute Gasteiger partial charge is 0.444 e. The first kappa shape index (κ1) is 14.2. The van der Waals surface area contributed by atoms with Crippen molar-refractivity contribution in [2.24, 2.45) is 5.73 Å². The van der Waals surface area contributed by atoms with Gasteiger partial charge >= 0.3 is 6.09 Å². The average Bonchev–Trinajstić information content (AvgIpc) is 2.26. The summed E-state index contributed by atoms with van der Waals surface area (Å²) in [4.78, 5) is 13.2. The molecule has 1 fully saturated rings. The fourth-order valence-electron chi connectivity index (χ4n) is 1.54. The van der Waals surface area contributed by atoms with Gasteiger partial charge in [0, 0.05) is 13.1 Å². The van der Waals surface area contributed by atoms with Crippen LogP contribution >= 0.6 is 0 Å². The second kappa shape index (κ2) is 5.64. The SMILES string of the molecule is CC(C)(C)OC(=O)N1CCOC(C(F)CN)C1. The zero-order valence-electron chi connectivity index (χ0n) is 10.6. The van der Waals surface area contributed by atoms with Gasteiger partial charge in [0.15, 0.2) is 0 Å². The predicted molar refractivity (Wildman–Crippen MR) is 61.5 cm³/mol. The standard InChI is InChI=1S/C11H21FN2O3/c1-11(2,3)17-10(15)14-4-5-16-9(7-14)8(12)6-13/h8-9H,4-7,13H2,1-3H3. The molecule has 100 valence electrons. The molecule has 0 radical (unpaired) electrons. The van der Waals surface area contributed by atoms with E-state index in [1.54, 1.807) is 20.8 Å². The molecule has 2 atom stereocenters. The third kappa shape index (κ3) is 4.47. The molecule has 1 amide bonds. The molecule has 0 aromatic carbocycles. The van der Waals surface area contributed by atoms with Crippen molar-refractivity contribution in [3.63, 3.8) is 0 Å². The number of rotatable bonds is 2. The molecule has 5 nitrogen and oxygen atoms in total. The first-order valence-electron chi connectivity index (χ1n) is 5.77. The lowest BCUT2D eigenvalue weighted by atomic mass is 10.2. The van der Waals surface area contributed by atoms with Crippen LogP contribution in [0, 0.1) is 0 Å². The van der Waals surface area contributed by atoms with Gasteiger partial charge < -0.3 is 20.1 Å². The van der Waals surface area contributed by atoms with Crippen molar-refractivity contribution in [3.05, 3.63) is 0 Å². The van der Waals surface area contributed by atoms with Crippen molar-refractivity contribution in [3.8, 4) is 0 Å². The Labute approximate surface area is 101 Å². The maximum Gasteiger partial charge on any atom is 0.410 e.